The Morgan fingerprint density at radius 2 is 2.11 bits per heavy atom. The third-order valence-electron chi connectivity index (χ3n) is 6.74. The number of hydrogen-bond donors (Lipinski definition) is 1. The maximum absolute atomic E-state index is 11.9. The van der Waals surface area contributed by atoms with Gasteiger partial charge in [0, 0.05) is 11.5 Å². The van der Waals surface area contributed by atoms with Crippen LogP contribution in [0.3, 0.4) is 0 Å². The maximum Gasteiger partial charge on any atom is 0.309 e. The van der Waals surface area contributed by atoms with Crippen LogP contribution in [-0.2, 0) is 21.4 Å². The Kier molecular flexibility index (Phi) is 4.96. The maximum atomic E-state index is 11.9. The molecule has 3 aliphatic rings. The number of esters is 1. The second-order valence-electron chi connectivity index (χ2n) is 9.86. The Labute approximate surface area is 163 Å². The van der Waals surface area contributed by atoms with Crippen LogP contribution in [0, 0.1) is 11.3 Å². The quantitative estimate of drug-likeness (QED) is 0.631. The molecule has 2 bridgehead atoms. The summed E-state index contributed by atoms with van der Waals surface area (Å²) in [5.41, 5.74) is 3.24. The lowest BCUT2D eigenvalue weighted by atomic mass is 9.53. The Bertz CT molecular complexity index is 704. The lowest BCUT2D eigenvalue weighted by Gasteiger charge is -2.56. The molecule has 4 rings (SSSR count). The largest absolute Gasteiger partial charge is 0.457 e. The van der Waals surface area contributed by atoms with Crippen LogP contribution in [0.15, 0.2) is 18.2 Å². The highest BCUT2D eigenvalue weighted by Gasteiger charge is 2.51. The van der Waals surface area contributed by atoms with Gasteiger partial charge in [0.25, 0.3) is 0 Å². The van der Waals surface area contributed by atoms with Crippen LogP contribution < -0.4 is 10.1 Å². The second kappa shape index (κ2) is 7.12. The highest BCUT2D eigenvalue weighted by molar-refractivity contribution is 5.70. The summed E-state index contributed by atoms with van der Waals surface area (Å²) in [6, 6.07) is 7.14. The molecule has 0 spiro atoms. The lowest BCUT2D eigenvalue weighted by Crippen LogP contribution is -2.59. The van der Waals surface area contributed by atoms with Gasteiger partial charge in [0.15, 0.2) is 0 Å². The molecule has 0 unspecified atom stereocenters. The molecule has 1 N–H and O–H groups in total. The molecule has 0 amide bonds. The molecule has 1 aromatic rings. The molecule has 148 valence electrons. The SMILES string of the molecule is CC(C)(C)CC(=O)OCOc1ccc2c(c1)[C@@]13CCCC[C@@H]1[C@H](C2)NCC3. The van der Waals surface area contributed by atoms with Gasteiger partial charge in [0.2, 0.25) is 6.79 Å². The highest BCUT2D eigenvalue weighted by atomic mass is 16.7. The van der Waals surface area contributed by atoms with Gasteiger partial charge in [-0.25, -0.2) is 0 Å². The van der Waals surface area contributed by atoms with Crippen LogP contribution in [0.1, 0.15) is 70.4 Å². The average molecular weight is 372 g/mol. The van der Waals surface area contributed by atoms with Crippen LogP contribution in [0.25, 0.3) is 0 Å². The smallest absolute Gasteiger partial charge is 0.309 e. The number of nitrogens with one attached hydrogen (secondary N) is 1. The first kappa shape index (κ1) is 18.8. The molecule has 0 aromatic heterocycles. The summed E-state index contributed by atoms with van der Waals surface area (Å²) >= 11 is 0. The first-order chi connectivity index (χ1) is 12.9. The van der Waals surface area contributed by atoms with Crippen molar-refractivity contribution in [1.29, 1.82) is 0 Å². The van der Waals surface area contributed by atoms with Gasteiger partial charge in [0.05, 0.1) is 6.42 Å². The number of carbonyl (C=O) groups is 1. The van der Waals surface area contributed by atoms with E-state index in [1.165, 1.54) is 43.2 Å². The first-order valence-electron chi connectivity index (χ1n) is 10.5. The van der Waals surface area contributed by atoms with E-state index in [4.69, 9.17) is 9.47 Å². The van der Waals surface area contributed by atoms with Crippen molar-refractivity contribution in [3.05, 3.63) is 29.3 Å². The van der Waals surface area contributed by atoms with Crippen molar-refractivity contribution in [2.45, 2.75) is 77.2 Å². The molecule has 2 aliphatic carbocycles. The third-order valence-corrected chi connectivity index (χ3v) is 6.74. The topological polar surface area (TPSA) is 47.6 Å². The van der Waals surface area contributed by atoms with E-state index in [0.717, 1.165) is 24.6 Å². The van der Waals surface area contributed by atoms with E-state index in [1.54, 1.807) is 0 Å². The van der Waals surface area contributed by atoms with E-state index >= 15 is 0 Å². The molecule has 1 heterocycles. The van der Waals surface area contributed by atoms with Gasteiger partial charge in [-0.2, -0.15) is 0 Å². The molecule has 3 atom stereocenters. The Hall–Kier alpha value is -1.55. The van der Waals surface area contributed by atoms with E-state index in [-0.39, 0.29) is 18.2 Å². The van der Waals surface area contributed by atoms with E-state index in [2.05, 4.69) is 17.4 Å². The number of rotatable bonds is 4. The number of ether oxygens (including phenoxy) is 2. The Morgan fingerprint density at radius 3 is 2.93 bits per heavy atom. The van der Waals surface area contributed by atoms with Crippen LogP contribution in [0.4, 0.5) is 0 Å². The summed E-state index contributed by atoms with van der Waals surface area (Å²) in [5.74, 6) is 1.38. The van der Waals surface area contributed by atoms with Gasteiger partial charge in [-0.1, -0.05) is 39.7 Å². The number of fused-ring (bicyclic) bond motifs is 1. The van der Waals surface area contributed by atoms with Crippen LogP contribution in [0.2, 0.25) is 0 Å². The third kappa shape index (κ3) is 3.73. The van der Waals surface area contributed by atoms with E-state index in [0.29, 0.717) is 17.9 Å². The fourth-order valence-electron chi connectivity index (χ4n) is 5.64. The molecule has 1 aliphatic heterocycles. The highest BCUT2D eigenvalue weighted by Crippen LogP contribution is 2.54. The van der Waals surface area contributed by atoms with Crippen molar-refractivity contribution < 1.29 is 14.3 Å². The van der Waals surface area contributed by atoms with Gasteiger partial charge in [-0.15, -0.1) is 0 Å². The predicted octanol–water partition coefficient (Wildman–Crippen LogP) is 4.35. The molecule has 1 saturated carbocycles. The van der Waals surface area contributed by atoms with E-state index in [1.807, 2.05) is 26.8 Å². The van der Waals surface area contributed by atoms with Crippen LogP contribution >= 0.6 is 0 Å². The second-order valence-corrected chi connectivity index (χ2v) is 9.86. The minimum absolute atomic E-state index is 0.00565. The van der Waals surface area contributed by atoms with Crippen molar-refractivity contribution in [1.82, 2.24) is 5.32 Å². The first-order valence-corrected chi connectivity index (χ1v) is 10.5. The monoisotopic (exact) mass is 371 g/mol. The number of piperidine rings is 1. The molecule has 4 nitrogen and oxygen atoms in total. The summed E-state index contributed by atoms with van der Waals surface area (Å²) in [7, 11) is 0. The molecule has 0 radical (unpaired) electrons. The van der Waals surface area contributed by atoms with Crippen LogP contribution in [0.5, 0.6) is 5.75 Å². The number of carbonyl (C=O) groups excluding carboxylic acids is 1. The summed E-state index contributed by atoms with van der Waals surface area (Å²) in [4.78, 5) is 11.9. The minimum atomic E-state index is -0.201. The normalized spacial score (nSPS) is 29.4. The van der Waals surface area contributed by atoms with E-state index in [9.17, 15) is 4.79 Å². The van der Waals surface area contributed by atoms with Crippen molar-refractivity contribution in [2.24, 2.45) is 11.3 Å². The molecule has 4 heteroatoms. The van der Waals surface area contributed by atoms with Gasteiger partial charge < -0.3 is 14.8 Å². The van der Waals surface area contributed by atoms with Gasteiger partial charge in [-0.3, -0.25) is 4.79 Å². The minimum Gasteiger partial charge on any atom is -0.457 e. The molecule has 27 heavy (non-hydrogen) atoms. The predicted molar refractivity (Wildman–Crippen MR) is 106 cm³/mol. The van der Waals surface area contributed by atoms with Crippen molar-refractivity contribution in [2.75, 3.05) is 13.3 Å². The zero-order chi connectivity index (χ0) is 19.1. The van der Waals surface area contributed by atoms with Gasteiger partial charge in [0.1, 0.15) is 5.75 Å². The molecular formula is C23H33NO3. The van der Waals surface area contributed by atoms with Gasteiger partial charge in [-0.05, 0) is 66.8 Å². The lowest BCUT2D eigenvalue weighted by molar-refractivity contribution is -0.152. The van der Waals surface area contributed by atoms with Gasteiger partial charge >= 0.3 is 5.97 Å². The molecule has 1 saturated heterocycles. The Balaban J connectivity index is 1.48. The molecule has 2 fully saturated rings. The number of benzene rings is 1. The van der Waals surface area contributed by atoms with Crippen molar-refractivity contribution >= 4 is 5.97 Å². The summed E-state index contributed by atoms with van der Waals surface area (Å²) < 4.78 is 11.1. The number of hydrogen-bond acceptors (Lipinski definition) is 4. The fourth-order valence-corrected chi connectivity index (χ4v) is 5.64. The summed E-state index contributed by atoms with van der Waals surface area (Å²) in [5, 5.41) is 3.78. The zero-order valence-electron chi connectivity index (χ0n) is 17.0. The summed E-state index contributed by atoms with van der Waals surface area (Å²) in [6.45, 7) is 7.21. The standard InChI is InChI=1S/C23H33NO3/c1-22(2,3)14-21(25)27-15-26-17-8-7-16-12-20-18-6-4-5-9-23(18,10-11-24-20)19(16)13-17/h7-8,13,18,20,24H,4-6,9-12,14-15H2,1-3H3/t18-,20+,23-/m1/s1. The van der Waals surface area contributed by atoms with Crippen molar-refractivity contribution in [3.63, 3.8) is 0 Å². The Morgan fingerprint density at radius 1 is 1.26 bits per heavy atom. The van der Waals surface area contributed by atoms with Crippen LogP contribution in [-0.4, -0.2) is 25.3 Å². The fraction of sp³-hybridized carbons (Fsp3) is 0.696. The average Bonchev–Trinajstić information content (AvgIpc) is 2.60. The van der Waals surface area contributed by atoms with E-state index < -0.39 is 0 Å². The molecular weight excluding hydrogens is 338 g/mol. The van der Waals surface area contributed by atoms with Crippen molar-refractivity contribution in [3.8, 4) is 5.75 Å². The zero-order valence-corrected chi connectivity index (χ0v) is 17.0. The molecule has 1 aromatic carbocycles. The summed E-state index contributed by atoms with van der Waals surface area (Å²) in [6.07, 6.45) is 8.09.